The van der Waals surface area contributed by atoms with Crippen molar-refractivity contribution in [2.45, 2.75) is 33.1 Å². The molecule has 1 aliphatic heterocycles. The van der Waals surface area contributed by atoms with Gasteiger partial charge in [0.2, 0.25) is 10.0 Å². The van der Waals surface area contributed by atoms with Crippen LogP contribution in [-0.4, -0.2) is 56.2 Å². The van der Waals surface area contributed by atoms with E-state index in [0.717, 1.165) is 12.8 Å². The van der Waals surface area contributed by atoms with Crippen LogP contribution in [0.3, 0.4) is 0 Å². The van der Waals surface area contributed by atoms with Gasteiger partial charge in [0.05, 0.1) is 19.0 Å². The van der Waals surface area contributed by atoms with Crippen LogP contribution in [0.2, 0.25) is 0 Å². The lowest BCUT2D eigenvalue weighted by atomic mass is 9.75. The molecule has 1 saturated carbocycles. The average molecular weight is 318 g/mol. The standard InChI is InChI=1S/C14H26N2O4S/c1-14(2)12(5-6-15-17)3-4-13(14)11-21(18,19)16-7-9-20-10-8-16/h6,12-13,17H,3-5,7-11H2,1-2H3/b15-6-. The molecular formula is C14H26N2O4S. The van der Waals surface area contributed by atoms with E-state index >= 15 is 0 Å². The van der Waals surface area contributed by atoms with Crippen molar-refractivity contribution in [1.29, 1.82) is 0 Å². The van der Waals surface area contributed by atoms with Gasteiger partial charge in [0, 0.05) is 19.3 Å². The Morgan fingerprint density at radius 3 is 2.52 bits per heavy atom. The summed E-state index contributed by atoms with van der Waals surface area (Å²) in [6.45, 7) is 6.18. The summed E-state index contributed by atoms with van der Waals surface area (Å²) in [6, 6.07) is 0. The van der Waals surface area contributed by atoms with Gasteiger partial charge in [0.25, 0.3) is 0 Å². The second kappa shape index (κ2) is 6.62. The molecule has 0 amide bonds. The fourth-order valence-electron chi connectivity index (χ4n) is 3.56. The number of oxime groups is 1. The van der Waals surface area contributed by atoms with Crippen molar-refractivity contribution in [1.82, 2.24) is 4.31 Å². The molecule has 0 bridgehead atoms. The molecule has 2 unspecified atom stereocenters. The minimum atomic E-state index is -3.21. The Morgan fingerprint density at radius 2 is 1.90 bits per heavy atom. The summed E-state index contributed by atoms with van der Waals surface area (Å²) in [5.41, 5.74) is -0.0550. The molecule has 21 heavy (non-hydrogen) atoms. The van der Waals surface area contributed by atoms with Gasteiger partial charge in [-0.15, -0.1) is 5.16 Å². The SMILES string of the molecule is CC1(C)C(C/C=N\O)CCC1CS(=O)(=O)N1CCOCC1. The third-order valence-electron chi connectivity index (χ3n) is 5.21. The largest absolute Gasteiger partial charge is 0.411 e. The van der Waals surface area contributed by atoms with E-state index in [1.165, 1.54) is 6.21 Å². The van der Waals surface area contributed by atoms with Gasteiger partial charge in [-0.05, 0) is 36.5 Å². The molecule has 0 aromatic heterocycles. The number of morpholine rings is 1. The molecule has 1 N–H and O–H groups in total. The molecule has 0 aromatic rings. The fourth-order valence-corrected chi connectivity index (χ4v) is 5.58. The molecule has 1 saturated heterocycles. The maximum absolute atomic E-state index is 12.6. The van der Waals surface area contributed by atoms with Crippen molar-refractivity contribution >= 4 is 16.2 Å². The van der Waals surface area contributed by atoms with E-state index < -0.39 is 10.0 Å². The molecule has 2 rings (SSSR count). The predicted molar refractivity (Wildman–Crippen MR) is 81.1 cm³/mol. The van der Waals surface area contributed by atoms with Gasteiger partial charge in [-0.1, -0.05) is 13.8 Å². The van der Waals surface area contributed by atoms with Crippen molar-refractivity contribution in [2.24, 2.45) is 22.4 Å². The highest BCUT2D eigenvalue weighted by molar-refractivity contribution is 7.89. The number of sulfonamides is 1. The molecule has 0 aromatic carbocycles. The summed E-state index contributed by atoms with van der Waals surface area (Å²) >= 11 is 0. The van der Waals surface area contributed by atoms with Gasteiger partial charge >= 0.3 is 0 Å². The zero-order valence-electron chi connectivity index (χ0n) is 12.9. The van der Waals surface area contributed by atoms with E-state index in [0.29, 0.717) is 38.6 Å². The predicted octanol–water partition coefficient (Wildman–Crippen LogP) is 1.55. The van der Waals surface area contributed by atoms with Gasteiger partial charge in [-0.2, -0.15) is 4.31 Å². The summed E-state index contributed by atoms with van der Waals surface area (Å²) in [6.07, 6.45) is 4.13. The first kappa shape index (κ1) is 16.7. The lowest BCUT2D eigenvalue weighted by Crippen LogP contribution is -2.44. The summed E-state index contributed by atoms with van der Waals surface area (Å²) in [4.78, 5) is 0. The zero-order chi connectivity index (χ0) is 15.5. The summed E-state index contributed by atoms with van der Waals surface area (Å²) in [7, 11) is -3.21. The monoisotopic (exact) mass is 318 g/mol. The molecule has 7 heteroatoms. The molecule has 0 spiro atoms. The van der Waals surface area contributed by atoms with Crippen LogP contribution in [0, 0.1) is 17.3 Å². The molecule has 122 valence electrons. The molecular weight excluding hydrogens is 292 g/mol. The zero-order valence-corrected chi connectivity index (χ0v) is 13.7. The fraction of sp³-hybridized carbons (Fsp3) is 0.929. The van der Waals surface area contributed by atoms with Crippen LogP contribution in [0.1, 0.15) is 33.1 Å². The Kier molecular flexibility index (Phi) is 5.27. The maximum Gasteiger partial charge on any atom is 0.214 e. The summed E-state index contributed by atoms with van der Waals surface area (Å²) in [5, 5.41) is 11.6. The molecule has 1 aliphatic carbocycles. The summed E-state index contributed by atoms with van der Waals surface area (Å²) in [5.74, 6) is 0.743. The third-order valence-corrected chi connectivity index (χ3v) is 7.19. The maximum atomic E-state index is 12.6. The van der Waals surface area contributed by atoms with Gasteiger partial charge in [0.15, 0.2) is 0 Å². The first-order valence-corrected chi connectivity index (χ1v) is 9.20. The Bertz CT molecular complexity index is 469. The molecule has 6 nitrogen and oxygen atoms in total. The first-order chi connectivity index (χ1) is 9.88. The Labute approximate surface area is 127 Å². The van der Waals surface area contributed by atoms with Crippen LogP contribution in [0.5, 0.6) is 0 Å². The van der Waals surface area contributed by atoms with Crippen LogP contribution >= 0.6 is 0 Å². The van der Waals surface area contributed by atoms with E-state index in [9.17, 15) is 8.42 Å². The second-order valence-electron chi connectivity index (χ2n) is 6.62. The highest BCUT2D eigenvalue weighted by Gasteiger charge is 2.45. The third kappa shape index (κ3) is 3.76. The molecule has 2 fully saturated rings. The van der Waals surface area contributed by atoms with E-state index in [4.69, 9.17) is 9.94 Å². The molecule has 1 heterocycles. The number of rotatable bonds is 5. The Morgan fingerprint density at radius 1 is 1.29 bits per heavy atom. The molecule has 0 radical (unpaired) electrons. The van der Waals surface area contributed by atoms with Crippen molar-refractivity contribution in [3.05, 3.63) is 0 Å². The van der Waals surface area contributed by atoms with Crippen LogP contribution in [-0.2, 0) is 14.8 Å². The normalized spacial score (nSPS) is 31.0. The van der Waals surface area contributed by atoms with E-state index in [1.807, 2.05) is 0 Å². The highest BCUT2D eigenvalue weighted by Crippen LogP contribution is 2.49. The van der Waals surface area contributed by atoms with Crippen LogP contribution in [0.25, 0.3) is 0 Å². The van der Waals surface area contributed by atoms with Gasteiger partial charge < -0.3 is 9.94 Å². The number of hydrogen-bond acceptors (Lipinski definition) is 5. The van der Waals surface area contributed by atoms with E-state index in [2.05, 4.69) is 19.0 Å². The van der Waals surface area contributed by atoms with Gasteiger partial charge in [0.1, 0.15) is 0 Å². The van der Waals surface area contributed by atoms with Gasteiger partial charge in [-0.3, -0.25) is 0 Å². The molecule has 2 aliphatic rings. The number of nitrogens with zero attached hydrogens (tertiary/aromatic N) is 2. The van der Waals surface area contributed by atoms with Crippen LogP contribution < -0.4 is 0 Å². The smallest absolute Gasteiger partial charge is 0.214 e. The van der Waals surface area contributed by atoms with Crippen molar-refractivity contribution in [2.75, 3.05) is 32.1 Å². The minimum absolute atomic E-state index is 0.0550. The second-order valence-corrected chi connectivity index (χ2v) is 8.63. The Balaban J connectivity index is 2.02. The van der Waals surface area contributed by atoms with E-state index in [-0.39, 0.29) is 17.1 Å². The lowest BCUT2D eigenvalue weighted by Gasteiger charge is -2.34. The Hall–Kier alpha value is -0.660. The average Bonchev–Trinajstić information content (AvgIpc) is 2.72. The number of hydrogen-bond donors (Lipinski definition) is 1. The van der Waals surface area contributed by atoms with Crippen molar-refractivity contribution < 1.29 is 18.4 Å². The highest BCUT2D eigenvalue weighted by atomic mass is 32.2. The van der Waals surface area contributed by atoms with Crippen molar-refractivity contribution in [3.8, 4) is 0 Å². The van der Waals surface area contributed by atoms with Crippen LogP contribution in [0.15, 0.2) is 5.16 Å². The first-order valence-electron chi connectivity index (χ1n) is 7.59. The van der Waals surface area contributed by atoms with Gasteiger partial charge in [-0.25, -0.2) is 8.42 Å². The quantitative estimate of drug-likeness (QED) is 0.474. The van der Waals surface area contributed by atoms with Crippen LogP contribution in [0.4, 0.5) is 0 Å². The minimum Gasteiger partial charge on any atom is -0.411 e. The lowest BCUT2D eigenvalue weighted by molar-refractivity contribution is 0.0725. The summed E-state index contributed by atoms with van der Waals surface area (Å²) < 4.78 is 31.9. The number of ether oxygens (including phenoxy) is 1. The van der Waals surface area contributed by atoms with E-state index in [1.54, 1.807) is 4.31 Å². The van der Waals surface area contributed by atoms with Crippen molar-refractivity contribution in [3.63, 3.8) is 0 Å². The molecule has 2 atom stereocenters. The topological polar surface area (TPSA) is 79.2 Å².